The van der Waals surface area contributed by atoms with Crippen LogP contribution in [0.1, 0.15) is 37.4 Å². The largest absolute Gasteiger partial charge is 0.388 e. The van der Waals surface area contributed by atoms with Gasteiger partial charge in [0.2, 0.25) is 0 Å². The zero-order chi connectivity index (χ0) is 9.60. The van der Waals surface area contributed by atoms with Crippen molar-refractivity contribution in [2.75, 3.05) is 0 Å². The molecule has 2 saturated carbocycles. The third-order valence-corrected chi connectivity index (χ3v) is 3.88. The van der Waals surface area contributed by atoms with Gasteiger partial charge in [0.05, 0.1) is 6.10 Å². The third kappa shape index (κ3) is 1.19. The molecule has 0 aromatic heterocycles. The molecule has 1 aromatic carbocycles. The Bertz CT molecular complexity index is 322. The third-order valence-electron chi connectivity index (χ3n) is 3.88. The molecule has 74 valence electrons. The van der Waals surface area contributed by atoms with Gasteiger partial charge in [0.25, 0.3) is 0 Å². The molecule has 0 saturated heterocycles. The van der Waals surface area contributed by atoms with Gasteiger partial charge in [0, 0.05) is 5.41 Å². The molecule has 0 radical (unpaired) electrons. The maximum absolute atomic E-state index is 10.3. The molecule has 0 heterocycles. The summed E-state index contributed by atoms with van der Waals surface area (Å²) < 4.78 is 0. The van der Waals surface area contributed by atoms with Crippen LogP contribution in [0, 0.1) is 11.3 Å². The van der Waals surface area contributed by atoms with Crippen LogP contribution in [-0.2, 0) is 0 Å². The summed E-state index contributed by atoms with van der Waals surface area (Å²) in [5.74, 6) is 0.817. The van der Waals surface area contributed by atoms with E-state index in [1.807, 2.05) is 30.3 Å². The van der Waals surface area contributed by atoms with Gasteiger partial charge in [0.15, 0.2) is 0 Å². The van der Waals surface area contributed by atoms with Crippen LogP contribution in [0.5, 0.6) is 0 Å². The molecule has 1 atom stereocenters. The van der Waals surface area contributed by atoms with Crippen LogP contribution in [0.15, 0.2) is 30.3 Å². The molecule has 1 N–H and O–H groups in total. The normalized spacial score (nSPS) is 25.8. The molecule has 0 bridgehead atoms. The Morgan fingerprint density at radius 3 is 2.29 bits per heavy atom. The molecular formula is C13H16O. The molecule has 0 spiro atoms. The molecule has 3 rings (SSSR count). The van der Waals surface area contributed by atoms with E-state index in [2.05, 4.69) is 0 Å². The highest BCUT2D eigenvalue weighted by Gasteiger charge is 2.58. The van der Waals surface area contributed by atoms with Gasteiger partial charge < -0.3 is 5.11 Å². The average Bonchev–Trinajstić information content (AvgIpc) is 3.07. The minimum absolute atomic E-state index is 0.212. The zero-order valence-corrected chi connectivity index (χ0v) is 8.32. The molecule has 1 nitrogen and oxygen atoms in total. The monoisotopic (exact) mass is 188 g/mol. The first-order chi connectivity index (χ1) is 6.83. The van der Waals surface area contributed by atoms with Crippen LogP contribution in [-0.4, -0.2) is 5.11 Å². The lowest BCUT2D eigenvalue weighted by atomic mass is 9.88. The first kappa shape index (κ1) is 8.49. The summed E-state index contributed by atoms with van der Waals surface area (Å²) in [7, 11) is 0. The standard InChI is InChI=1S/C13H16O/c14-12(10-4-2-1-3-5-10)13(8-9-13)11-6-7-11/h1-5,11-12,14H,6-9H2. The summed E-state index contributed by atoms with van der Waals surface area (Å²) in [4.78, 5) is 0. The van der Waals surface area contributed by atoms with E-state index in [-0.39, 0.29) is 11.5 Å². The van der Waals surface area contributed by atoms with E-state index in [9.17, 15) is 5.11 Å². The summed E-state index contributed by atoms with van der Waals surface area (Å²) in [5, 5.41) is 10.3. The number of hydrogen-bond donors (Lipinski definition) is 1. The van der Waals surface area contributed by atoms with E-state index in [1.165, 1.54) is 25.7 Å². The van der Waals surface area contributed by atoms with Gasteiger partial charge >= 0.3 is 0 Å². The van der Waals surface area contributed by atoms with E-state index in [1.54, 1.807) is 0 Å². The molecule has 1 heteroatoms. The van der Waals surface area contributed by atoms with Gasteiger partial charge in [-0.05, 0) is 37.2 Å². The molecule has 14 heavy (non-hydrogen) atoms. The van der Waals surface area contributed by atoms with Gasteiger partial charge in [-0.15, -0.1) is 0 Å². The van der Waals surface area contributed by atoms with Crippen molar-refractivity contribution < 1.29 is 5.11 Å². The van der Waals surface area contributed by atoms with Crippen LogP contribution < -0.4 is 0 Å². The molecule has 2 fully saturated rings. The molecule has 2 aliphatic rings. The van der Waals surface area contributed by atoms with Crippen molar-refractivity contribution in [3.63, 3.8) is 0 Å². The van der Waals surface area contributed by atoms with E-state index in [0.717, 1.165) is 11.5 Å². The predicted molar refractivity (Wildman–Crippen MR) is 55.8 cm³/mol. The van der Waals surface area contributed by atoms with Crippen LogP contribution in [0.3, 0.4) is 0 Å². The highest BCUT2D eigenvalue weighted by molar-refractivity contribution is 5.23. The Kier molecular flexibility index (Phi) is 1.72. The lowest BCUT2D eigenvalue weighted by molar-refractivity contribution is 0.0788. The average molecular weight is 188 g/mol. The van der Waals surface area contributed by atoms with Crippen LogP contribution in [0.4, 0.5) is 0 Å². The second kappa shape index (κ2) is 2.83. The van der Waals surface area contributed by atoms with Crippen molar-refractivity contribution in [3.8, 4) is 0 Å². The minimum atomic E-state index is -0.212. The maximum Gasteiger partial charge on any atom is 0.0848 e. The van der Waals surface area contributed by atoms with Crippen molar-refractivity contribution in [1.82, 2.24) is 0 Å². The molecule has 1 aromatic rings. The van der Waals surface area contributed by atoms with Crippen molar-refractivity contribution >= 4 is 0 Å². The zero-order valence-electron chi connectivity index (χ0n) is 8.32. The first-order valence-corrected chi connectivity index (χ1v) is 5.56. The van der Waals surface area contributed by atoms with E-state index in [0.29, 0.717) is 0 Å². The highest BCUT2D eigenvalue weighted by atomic mass is 16.3. The Balaban J connectivity index is 1.85. The van der Waals surface area contributed by atoms with Crippen LogP contribution in [0.2, 0.25) is 0 Å². The summed E-state index contributed by atoms with van der Waals surface area (Å²) in [6.07, 6.45) is 4.92. The fraction of sp³-hybridized carbons (Fsp3) is 0.538. The number of benzene rings is 1. The summed E-state index contributed by atoms with van der Waals surface area (Å²) >= 11 is 0. The van der Waals surface area contributed by atoms with Gasteiger partial charge in [-0.25, -0.2) is 0 Å². The van der Waals surface area contributed by atoms with Crippen molar-refractivity contribution in [3.05, 3.63) is 35.9 Å². The topological polar surface area (TPSA) is 20.2 Å². The lowest BCUT2D eigenvalue weighted by Crippen LogP contribution is -2.15. The smallest absolute Gasteiger partial charge is 0.0848 e. The molecule has 2 aliphatic carbocycles. The van der Waals surface area contributed by atoms with Crippen molar-refractivity contribution in [2.24, 2.45) is 11.3 Å². The number of hydrogen-bond acceptors (Lipinski definition) is 1. The Labute approximate surface area is 84.8 Å². The second-order valence-corrected chi connectivity index (χ2v) is 4.82. The summed E-state index contributed by atoms with van der Waals surface area (Å²) in [5.41, 5.74) is 1.39. The Morgan fingerprint density at radius 1 is 1.14 bits per heavy atom. The van der Waals surface area contributed by atoms with Crippen LogP contribution in [0.25, 0.3) is 0 Å². The fourth-order valence-corrected chi connectivity index (χ4v) is 2.67. The van der Waals surface area contributed by atoms with Crippen LogP contribution >= 0.6 is 0 Å². The minimum Gasteiger partial charge on any atom is -0.388 e. The Hall–Kier alpha value is -0.820. The number of aliphatic hydroxyl groups is 1. The van der Waals surface area contributed by atoms with E-state index in [4.69, 9.17) is 0 Å². The van der Waals surface area contributed by atoms with Crippen molar-refractivity contribution in [1.29, 1.82) is 0 Å². The van der Waals surface area contributed by atoms with Gasteiger partial charge in [-0.2, -0.15) is 0 Å². The first-order valence-electron chi connectivity index (χ1n) is 5.56. The van der Waals surface area contributed by atoms with Gasteiger partial charge in [-0.1, -0.05) is 30.3 Å². The summed E-state index contributed by atoms with van der Waals surface area (Å²) in [6, 6.07) is 10.1. The van der Waals surface area contributed by atoms with E-state index < -0.39 is 0 Å². The quantitative estimate of drug-likeness (QED) is 0.773. The molecule has 0 aliphatic heterocycles. The Morgan fingerprint density at radius 2 is 1.79 bits per heavy atom. The molecule has 1 unspecified atom stereocenters. The number of rotatable bonds is 3. The maximum atomic E-state index is 10.3. The summed E-state index contributed by atoms with van der Waals surface area (Å²) in [6.45, 7) is 0. The predicted octanol–water partition coefficient (Wildman–Crippen LogP) is 2.91. The highest BCUT2D eigenvalue weighted by Crippen LogP contribution is 2.67. The lowest BCUT2D eigenvalue weighted by Gasteiger charge is -2.22. The van der Waals surface area contributed by atoms with Crippen molar-refractivity contribution in [2.45, 2.75) is 31.8 Å². The SMILES string of the molecule is OC(c1ccccc1)C1(C2CC2)CC1. The number of aliphatic hydroxyl groups excluding tert-OH is 1. The fourth-order valence-electron chi connectivity index (χ4n) is 2.67. The van der Waals surface area contributed by atoms with Gasteiger partial charge in [-0.3, -0.25) is 0 Å². The van der Waals surface area contributed by atoms with Gasteiger partial charge in [0.1, 0.15) is 0 Å². The second-order valence-electron chi connectivity index (χ2n) is 4.82. The molecule has 0 amide bonds. The van der Waals surface area contributed by atoms with E-state index >= 15 is 0 Å². The molecular weight excluding hydrogens is 172 g/mol.